The summed E-state index contributed by atoms with van der Waals surface area (Å²) < 4.78 is 4.08. The second kappa shape index (κ2) is 32.4. The van der Waals surface area contributed by atoms with Crippen LogP contribution in [0.2, 0.25) is 0 Å². The van der Waals surface area contributed by atoms with Crippen molar-refractivity contribution in [1.29, 1.82) is 0 Å². The fourth-order valence-corrected chi connectivity index (χ4v) is 14.0. The molecule has 0 fully saturated rings. The molecule has 0 bridgehead atoms. The van der Waals surface area contributed by atoms with E-state index in [2.05, 4.69) is 169 Å². The molecule has 11 nitrogen and oxygen atoms in total. The molecule has 0 amide bonds. The Bertz CT molecular complexity index is 5100. The zero-order valence-corrected chi connectivity index (χ0v) is 61.4. The Morgan fingerprint density at radius 2 is 0.561 bits per heavy atom. The van der Waals surface area contributed by atoms with Crippen molar-refractivity contribution >= 4 is 90.7 Å². The van der Waals surface area contributed by atoms with Crippen LogP contribution in [0, 0.1) is 48.5 Å². The first-order valence-electron chi connectivity index (χ1n) is 29.9. The molecule has 0 aliphatic heterocycles. The SMILES string of the molecule is CC(C)(C)c1cnc(-n2c3[c-]c(Sc4[c-]c(-c5ccccn5)ccc4)ccc3c3ccc(Sc4[c-]c(-c5ccccn5)ccc4)[c-]c32)nc1.[Pd+2].[Pd+2].[Pd+2].[Pd+2].[c-]1c(Sc2[c-]c3c(cc2)c2ccc(Sc4[c-]c(-c5ccccn5)ccc4)[c-]c2n3-c2ncncn2)cccc1-c1ccccn1. The fraction of sp³-hybridized carbons (Fsp3) is 0.0506. The summed E-state index contributed by atoms with van der Waals surface area (Å²) in [6.07, 6.45) is 14.1. The molecule has 0 radical (unpaired) electrons. The Hall–Kier alpha value is -7.90. The van der Waals surface area contributed by atoms with Gasteiger partial charge in [-0.25, -0.2) is 24.9 Å². The quantitative estimate of drug-likeness (QED) is 0.0758. The van der Waals surface area contributed by atoms with Crippen LogP contribution in [-0.4, -0.2) is 54.0 Å². The molecule has 8 aromatic heterocycles. The normalized spacial score (nSPS) is 11.1. The largest absolute Gasteiger partial charge is 2.00 e. The summed E-state index contributed by atoms with van der Waals surface area (Å²) in [5, 5.41) is 4.20. The van der Waals surface area contributed by atoms with Crippen molar-refractivity contribution in [2.24, 2.45) is 0 Å². The van der Waals surface area contributed by atoms with Crippen molar-refractivity contribution in [1.82, 2.24) is 54.0 Å². The number of rotatable bonds is 14. The van der Waals surface area contributed by atoms with Gasteiger partial charge < -0.3 is 29.1 Å². The van der Waals surface area contributed by atoms with Crippen molar-refractivity contribution < 1.29 is 81.7 Å². The molecule has 484 valence electrons. The van der Waals surface area contributed by atoms with Crippen LogP contribution >= 0.6 is 47.0 Å². The molecule has 0 N–H and O–H groups in total. The molecule has 16 rings (SSSR count). The van der Waals surface area contributed by atoms with Gasteiger partial charge in [0.05, 0.1) is 0 Å². The maximum atomic E-state index is 4.88. The summed E-state index contributed by atoms with van der Waals surface area (Å²) in [6, 6.07) is 93.8. The predicted molar refractivity (Wildman–Crippen MR) is 375 cm³/mol. The van der Waals surface area contributed by atoms with Gasteiger partial charge in [-0.05, 0) is 58.0 Å². The molecule has 8 heterocycles. The average molecular weight is 1710 g/mol. The zero-order chi connectivity index (χ0) is 63.4. The van der Waals surface area contributed by atoms with Gasteiger partial charge in [-0.3, -0.25) is 0 Å². The first kappa shape index (κ1) is 71.4. The summed E-state index contributed by atoms with van der Waals surface area (Å²) in [7, 11) is 0. The molecule has 0 aliphatic rings. The maximum absolute atomic E-state index is 4.88. The number of nitrogens with zero attached hydrogens (tertiary/aromatic N) is 11. The van der Waals surface area contributed by atoms with Crippen molar-refractivity contribution in [3.05, 3.63) is 298 Å². The Labute approximate surface area is 640 Å². The van der Waals surface area contributed by atoms with Crippen LogP contribution in [0.15, 0.2) is 283 Å². The Morgan fingerprint density at radius 1 is 0.286 bits per heavy atom. The van der Waals surface area contributed by atoms with Crippen LogP contribution in [-0.2, 0) is 87.1 Å². The monoisotopic (exact) mass is 1700 g/mol. The summed E-state index contributed by atoms with van der Waals surface area (Å²) in [6.45, 7) is 6.50. The van der Waals surface area contributed by atoms with E-state index in [0.717, 1.165) is 133 Å². The van der Waals surface area contributed by atoms with Gasteiger partial charge in [-0.1, -0.05) is 111 Å². The van der Waals surface area contributed by atoms with E-state index in [4.69, 9.17) is 9.97 Å². The predicted octanol–water partition coefficient (Wildman–Crippen LogP) is 19.1. The van der Waals surface area contributed by atoms with Gasteiger partial charge in [0, 0.05) is 37.2 Å². The van der Waals surface area contributed by atoms with E-state index in [1.807, 2.05) is 150 Å². The molecule has 19 heteroatoms. The maximum Gasteiger partial charge on any atom is 2.00 e. The van der Waals surface area contributed by atoms with Gasteiger partial charge >= 0.3 is 81.7 Å². The van der Waals surface area contributed by atoms with Crippen LogP contribution < -0.4 is 0 Å². The molecule has 0 saturated carbocycles. The third-order valence-electron chi connectivity index (χ3n) is 15.2. The minimum absolute atomic E-state index is 0. The average Bonchev–Trinajstić information content (AvgIpc) is 1.60. The summed E-state index contributed by atoms with van der Waals surface area (Å²) in [5.74, 6) is 1.09. The molecule has 16 aromatic rings. The zero-order valence-electron chi connectivity index (χ0n) is 51.9. The summed E-state index contributed by atoms with van der Waals surface area (Å²) in [5.41, 5.74) is 11.9. The summed E-state index contributed by atoms with van der Waals surface area (Å²) >= 11 is 6.44. The standard InChI is InChI=1S/C42H29N5S2.C37H20N6S2.4Pd/c1-42(2,3)30-26-45-41(46-27-30)47-39-24-33(48-31-12-8-10-28(22-31)37-14-4-6-20-43-37)16-18-35(39)36-19-17-34(25-40(36)47)49-32-13-9-11-29(23-32)38-15-5-7-21-44-38;1-3-17-39-33(11-1)25-7-5-9-27(19-25)44-29-13-15-31-32-16-14-30(22-36(32)43(35(31)21-29)37-41-23-38-24-42-37)45-28-10-6-8-26(20-28)34-12-2-4-18-40-34;;;;/h4-21,26-27H,1-3H3;1-18,23-24H;;;;/q2*-4;4*+2. The van der Waals surface area contributed by atoms with Crippen LogP contribution in [0.4, 0.5) is 0 Å². The van der Waals surface area contributed by atoms with Gasteiger partial charge in [0.2, 0.25) is 11.9 Å². The van der Waals surface area contributed by atoms with Crippen molar-refractivity contribution in [2.45, 2.75) is 65.4 Å². The van der Waals surface area contributed by atoms with E-state index >= 15 is 0 Å². The molecule has 0 aliphatic carbocycles. The minimum atomic E-state index is -0.0637. The number of hydrogen-bond acceptors (Lipinski definition) is 13. The molecule has 0 saturated heterocycles. The topological polar surface area (TPSA) is 126 Å². The molecule has 0 unspecified atom stereocenters. The third kappa shape index (κ3) is 16.0. The smallest absolute Gasteiger partial charge is 0.328 e. The first-order valence-corrected chi connectivity index (χ1v) is 33.2. The van der Waals surface area contributed by atoms with E-state index < -0.39 is 0 Å². The van der Waals surface area contributed by atoms with Gasteiger partial charge in [-0.2, -0.15) is 70.1 Å². The fourth-order valence-electron chi connectivity index (χ4n) is 10.7. The number of pyridine rings is 4. The third-order valence-corrected chi connectivity index (χ3v) is 18.8. The molecular weight excluding hydrogens is 1660 g/mol. The number of hydrogen-bond donors (Lipinski definition) is 0. The number of fused-ring (bicyclic) bond motifs is 6. The second-order valence-corrected chi connectivity index (χ2v) is 26.8. The van der Waals surface area contributed by atoms with E-state index in [9.17, 15) is 0 Å². The molecular formula is C79H49N11Pd4S4. The Balaban J connectivity index is 0.000000191. The van der Waals surface area contributed by atoms with E-state index in [1.54, 1.807) is 71.8 Å². The Kier molecular flexibility index (Phi) is 23.6. The van der Waals surface area contributed by atoms with Crippen molar-refractivity contribution in [3.8, 4) is 56.9 Å². The molecule has 98 heavy (non-hydrogen) atoms. The van der Waals surface area contributed by atoms with E-state index in [-0.39, 0.29) is 87.1 Å². The summed E-state index contributed by atoms with van der Waals surface area (Å²) in [4.78, 5) is 48.5. The van der Waals surface area contributed by atoms with Crippen LogP contribution in [0.5, 0.6) is 0 Å². The molecule has 0 spiro atoms. The van der Waals surface area contributed by atoms with Gasteiger partial charge in [0.1, 0.15) is 12.7 Å². The second-order valence-electron chi connectivity index (χ2n) is 22.5. The van der Waals surface area contributed by atoms with Gasteiger partial charge in [0.15, 0.2) is 0 Å². The van der Waals surface area contributed by atoms with Gasteiger partial charge in [-0.15, -0.1) is 210 Å². The Morgan fingerprint density at radius 3 is 0.827 bits per heavy atom. The molecule has 8 aromatic carbocycles. The number of aromatic nitrogens is 11. The molecule has 0 atom stereocenters. The first-order chi connectivity index (χ1) is 46.2. The van der Waals surface area contributed by atoms with Crippen LogP contribution in [0.3, 0.4) is 0 Å². The minimum Gasteiger partial charge on any atom is -0.328 e. The van der Waals surface area contributed by atoms with Crippen LogP contribution in [0.25, 0.3) is 101 Å². The van der Waals surface area contributed by atoms with E-state index in [0.29, 0.717) is 11.9 Å². The van der Waals surface area contributed by atoms with E-state index in [1.165, 1.54) is 12.7 Å². The van der Waals surface area contributed by atoms with Crippen molar-refractivity contribution in [3.63, 3.8) is 0 Å². The van der Waals surface area contributed by atoms with Gasteiger partial charge in [0.25, 0.3) is 0 Å². The number of benzene rings is 8. The van der Waals surface area contributed by atoms with Crippen LogP contribution in [0.1, 0.15) is 26.3 Å². The van der Waals surface area contributed by atoms with Crippen molar-refractivity contribution in [2.75, 3.05) is 0 Å².